The number of hydrogen-bond donors (Lipinski definition) is 0. The molecule has 2 rings (SSSR count). The first-order chi connectivity index (χ1) is 11.1. The number of carbonyl (C=O) groups is 2. The van der Waals surface area contributed by atoms with Gasteiger partial charge < -0.3 is 14.2 Å². The maximum absolute atomic E-state index is 12.4. The van der Waals surface area contributed by atoms with E-state index >= 15 is 0 Å². The third kappa shape index (κ3) is 4.85. The zero-order valence-corrected chi connectivity index (χ0v) is 13.1. The molecule has 120 valence electrons. The molecule has 23 heavy (non-hydrogen) atoms. The summed E-state index contributed by atoms with van der Waals surface area (Å²) in [6, 6.07) is 13.8. The van der Waals surface area contributed by atoms with Crippen LogP contribution in [0.15, 0.2) is 48.5 Å². The Bertz CT molecular complexity index is 659. The average Bonchev–Trinajstić information content (AvgIpc) is 2.58. The second-order valence-electron chi connectivity index (χ2n) is 4.77. The van der Waals surface area contributed by atoms with Gasteiger partial charge in [0.1, 0.15) is 24.7 Å². The summed E-state index contributed by atoms with van der Waals surface area (Å²) >= 11 is 0. The predicted octanol–water partition coefficient (Wildman–Crippen LogP) is 2.87. The molecule has 5 nitrogen and oxygen atoms in total. The fourth-order valence-electron chi connectivity index (χ4n) is 1.96. The molecule has 0 spiro atoms. The minimum Gasteiger partial charge on any atom is -0.497 e. The zero-order chi connectivity index (χ0) is 16.7. The molecule has 0 aliphatic heterocycles. The van der Waals surface area contributed by atoms with Crippen molar-refractivity contribution in [1.82, 2.24) is 0 Å². The molecule has 0 unspecified atom stereocenters. The van der Waals surface area contributed by atoms with E-state index in [1.807, 2.05) is 0 Å². The zero-order valence-electron chi connectivity index (χ0n) is 13.1. The van der Waals surface area contributed by atoms with Gasteiger partial charge in [-0.15, -0.1) is 0 Å². The molecule has 0 radical (unpaired) electrons. The van der Waals surface area contributed by atoms with Crippen molar-refractivity contribution in [3.63, 3.8) is 0 Å². The third-order valence-electron chi connectivity index (χ3n) is 3.13. The standard InChI is InChI=1S/C18H18O5/c1-13(19)22-11-12-23-17-9-5-15(6-10-17)18(20)14-3-7-16(21-2)8-4-14/h3-10H,11-12H2,1-2H3. The summed E-state index contributed by atoms with van der Waals surface area (Å²) in [5, 5.41) is 0. The number of benzene rings is 2. The van der Waals surface area contributed by atoms with E-state index in [-0.39, 0.29) is 25.0 Å². The molecule has 0 fully saturated rings. The van der Waals surface area contributed by atoms with Crippen LogP contribution in [0.25, 0.3) is 0 Å². The monoisotopic (exact) mass is 314 g/mol. The number of esters is 1. The molecule has 2 aromatic carbocycles. The van der Waals surface area contributed by atoms with Crippen LogP contribution in [-0.2, 0) is 9.53 Å². The Morgan fingerprint density at radius 2 is 1.35 bits per heavy atom. The van der Waals surface area contributed by atoms with E-state index in [1.54, 1.807) is 55.6 Å². The average molecular weight is 314 g/mol. The fourth-order valence-corrected chi connectivity index (χ4v) is 1.96. The number of carbonyl (C=O) groups excluding carboxylic acids is 2. The van der Waals surface area contributed by atoms with E-state index in [0.717, 1.165) is 0 Å². The maximum Gasteiger partial charge on any atom is 0.302 e. The van der Waals surface area contributed by atoms with E-state index in [9.17, 15) is 9.59 Å². The number of hydrogen-bond acceptors (Lipinski definition) is 5. The molecule has 0 amide bonds. The van der Waals surface area contributed by atoms with Gasteiger partial charge in [-0.05, 0) is 48.5 Å². The first kappa shape index (κ1) is 16.5. The van der Waals surface area contributed by atoms with Crippen molar-refractivity contribution in [2.24, 2.45) is 0 Å². The van der Waals surface area contributed by atoms with Crippen LogP contribution in [0.5, 0.6) is 11.5 Å². The van der Waals surface area contributed by atoms with Gasteiger partial charge in [-0.25, -0.2) is 0 Å². The minimum absolute atomic E-state index is 0.0703. The van der Waals surface area contributed by atoms with Crippen LogP contribution in [0.3, 0.4) is 0 Å². The Balaban J connectivity index is 1.95. The van der Waals surface area contributed by atoms with Gasteiger partial charge in [0.2, 0.25) is 0 Å². The van der Waals surface area contributed by atoms with Gasteiger partial charge in [-0.2, -0.15) is 0 Å². The lowest BCUT2D eigenvalue weighted by molar-refractivity contribution is -0.141. The van der Waals surface area contributed by atoms with Crippen molar-refractivity contribution < 1.29 is 23.8 Å². The van der Waals surface area contributed by atoms with Crippen LogP contribution in [-0.4, -0.2) is 32.1 Å². The van der Waals surface area contributed by atoms with Crippen LogP contribution in [0, 0.1) is 0 Å². The summed E-state index contributed by atoms with van der Waals surface area (Å²) in [7, 11) is 1.58. The van der Waals surface area contributed by atoms with Crippen LogP contribution in [0.1, 0.15) is 22.8 Å². The summed E-state index contributed by atoms with van der Waals surface area (Å²) in [6.07, 6.45) is 0. The van der Waals surface area contributed by atoms with Gasteiger partial charge in [0.25, 0.3) is 0 Å². The highest BCUT2D eigenvalue weighted by atomic mass is 16.6. The molecule has 0 N–H and O–H groups in total. The quantitative estimate of drug-likeness (QED) is 0.447. The second-order valence-corrected chi connectivity index (χ2v) is 4.77. The smallest absolute Gasteiger partial charge is 0.302 e. The van der Waals surface area contributed by atoms with Gasteiger partial charge in [0, 0.05) is 18.1 Å². The molecule has 5 heteroatoms. The maximum atomic E-state index is 12.4. The summed E-state index contributed by atoms with van der Waals surface area (Å²) in [5.74, 6) is 0.912. The van der Waals surface area contributed by atoms with Crippen molar-refractivity contribution in [1.29, 1.82) is 0 Å². The highest BCUT2D eigenvalue weighted by Gasteiger charge is 2.09. The van der Waals surface area contributed by atoms with Crippen molar-refractivity contribution in [3.05, 3.63) is 59.7 Å². The fraction of sp³-hybridized carbons (Fsp3) is 0.222. The summed E-state index contributed by atoms with van der Waals surface area (Å²) in [6.45, 7) is 1.81. The number of rotatable bonds is 7. The SMILES string of the molecule is COc1ccc(C(=O)c2ccc(OCCOC(C)=O)cc2)cc1. The third-order valence-corrected chi connectivity index (χ3v) is 3.13. The Morgan fingerprint density at radius 3 is 1.83 bits per heavy atom. The first-order valence-corrected chi connectivity index (χ1v) is 7.15. The van der Waals surface area contributed by atoms with E-state index in [4.69, 9.17) is 14.2 Å². The Kier molecular flexibility index (Phi) is 5.74. The predicted molar refractivity (Wildman–Crippen MR) is 85.0 cm³/mol. The van der Waals surface area contributed by atoms with Crippen molar-refractivity contribution in [2.45, 2.75) is 6.92 Å². The van der Waals surface area contributed by atoms with Crippen LogP contribution in [0.2, 0.25) is 0 Å². The molecule has 0 aliphatic rings. The molecule has 0 saturated heterocycles. The van der Waals surface area contributed by atoms with Gasteiger partial charge in [0.15, 0.2) is 5.78 Å². The highest BCUT2D eigenvalue weighted by molar-refractivity contribution is 6.09. The molecule has 2 aromatic rings. The van der Waals surface area contributed by atoms with Crippen molar-refractivity contribution in [3.8, 4) is 11.5 Å². The van der Waals surface area contributed by atoms with E-state index in [2.05, 4.69) is 0 Å². The molecular formula is C18H18O5. The van der Waals surface area contributed by atoms with E-state index in [1.165, 1.54) is 6.92 Å². The van der Waals surface area contributed by atoms with E-state index in [0.29, 0.717) is 22.6 Å². The van der Waals surface area contributed by atoms with Crippen molar-refractivity contribution >= 4 is 11.8 Å². The molecule has 0 atom stereocenters. The molecule has 0 aliphatic carbocycles. The number of ketones is 1. The number of ether oxygens (including phenoxy) is 3. The molecule has 0 saturated carbocycles. The Hall–Kier alpha value is -2.82. The molecule has 0 bridgehead atoms. The lowest BCUT2D eigenvalue weighted by Crippen LogP contribution is -2.09. The van der Waals surface area contributed by atoms with Gasteiger partial charge in [0.05, 0.1) is 7.11 Å². The van der Waals surface area contributed by atoms with E-state index < -0.39 is 0 Å². The number of methoxy groups -OCH3 is 1. The van der Waals surface area contributed by atoms with Gasteiger partial charge >= 0.3 is 5.97 Å². The lowest BCUT2D eigenvalue weighted by Gasteiger charge is -2.07. The largest absolute Gasteiger partial charge is 0.497 e. The first-order valence-electron chi connectivity index (χ1n) is 7.15. The molecule has 0 aromatic heterocycles. The second kappa shape index (κ2) is 7.98. The van der Waals surface area contributed by atoms with Crippen LogP contribution in [0.4, 0.5) is 0 Å². The molecular weight excluding hydrogens is 296 g/mol. The summed E-state index contributed by atoms with van der Waals surface area (Å²) in [5.41, 5.74) is 1.16. The van der Waals surface area contributed by atoms with Crippen molar-refractivity contribution in [2.75, 3.05) is 20.3 Å². The highest BCUT2D eigenvalue weighted by Crippen LogP contribution is 2.17. The minimum atomic E-state index is -0.339. The van der Waals surface area contributed by atoms with Crippen LogP contribution >= 0.6 is 0 Å². The van der Waals surface area contributed by atoms with Gasteiger partial charge in [-0.1, -0.05) is 0 Å². The molecule has 0 heterocycles. The van der Waals surface area contributed by atoms with Crippen LogP contribution < -0.4 is 9.47 Å². The summed E-state index contributed by atoms with van der Waals surface area (Å²) in [4.78, 5) is 23.0. The Labute approximate surface area is 134 Å². The normalized spacial score (nSPS) is 10.0. The Morgan fingerprint density at radius 1 is 0.826 bits per heavy atom. The topological polar surface area (TPSA) is 61.8 Å². The van der Waals surface area contributed by atoms with Gasteiger partial charge in [-0.3, -0.25) is 9.59 Å². The lowest BCUT2D eigenvalue weighted by atomic mass is 10.0. The summed E-state index contributed by atoms with van der Waals surface area (Å²) < 4.78 is 15.3.